The van der Waals surface area contributed by atoms with Gasteiger partial charge in [-0.3, -0.25) is 0 Å². The summed E-state index contributed by atoms with van der Waals surface area (Å²) in [5, 5.41) is 3.46. The van der Waals surface area contributed by atoms with Gasteiger partial charge in [0.15, 0.2) is 0 Å². The minimum Gasteiger partial charge on any atom is -0.465 e. The zero-order valence-electron chi connectivity index (χ0n) is 11.6. The summed E-state index contributed by atoms with van der Waals surface area (Å²) < 4.78 is 11.4. The van der Waals surface area contributed by atoms with Crippen molar-refractivity contribution in [3.8, 4) is 0 Å². The predicted molar refractivity (Wildman–Crippen MR) is 72.5 cm³/mol. The van der Waals surface area contributed by atoms with E-state index in [1.165, 1.54) is 31.2 Å². The minimum atomic E-state index is 0.683. The Morgan fingerprint density at radius 3 is 2.94 bits per heavy atom. The van der Waals surface area contributed by atoms with Crippen molar-refractivity contribution in [3.05, 3.63) is 23.2 Å². The van der Waals surface area contributed by atoms with Gasteiger partial charge in [0.1, 0.15) is 11.5 Å². The van der Waals surface area contributed by atoms with Gasteiger partial charge in [0.05, 0.1) is 13.2 Å². The maximum Gasteiger partial charge on any atom is 0.118 e. The number of hydrogen-bond acceptors (Lipinski definition) is 3. The third-order valence-corrected chi connectivity index (χ3v) is 3.36. The number of ether oxygens (including phenoxy) is 1. The van der Waals surface area contributed by atoms with E-state index < -0.39 is 0 Å². The van der Waals surface area contributed by atoms with Crippen molar-refractivity contribution in [1.82, 2.24) is 5.32 Å². The van der Waals surface area contributed by atoms with Crippen LogP contribution in [0.5, 0.6) is 0 Å². The van der Waals surface area contributed by atoms with Crippen LogP contribution in [0.4, 0.5) is 0 Å². The first-order chi connectivity index (χ1) is 8.79. The summed E-state index contributed by atoms with van der Waals surface area (Å²) in [5.74, 6) is 2.03. The molecule has 3 heteroatoms. The van der Waals surface area contributed by atoms with Crippen LogP contribution in [0.3, 0.4) is 0 Å². The number of nitrogens with one attached hydrogen (secondary N) is 1. The minimum absolute atomic E-state index is 0.683. The van der Waals surface area contributed by atoms with E-state index in [0.29, 0.717) is 6.61 Å². The van der Waals surface area contributed by atoms with E-state index in [1.54, 1.807) is 0 Å². The van der Waals surface area contributed by atoms with Crippen molar-refractivity contribution in [2.75, 3.05) is 6.61 Å². The van der Waals surface area contributed by atoms with E-state index in [2.05, 4.69) is 18.3 Å². The molecule has 1 fully saturated rings. The van der Waals surface area contributed by atoms with E-state index in [-0.39, 0.29) is 0 Å². The standard InChI is InChI=1S/C15H25NO2/c1-3-4-5-8-17-11-13-9-15(18-12(13)2)10-16-14-6-7-14/h9,14,16H,3-8,10-11H2,1-2H3. The molecule has 0 unspecified atom stereocenters. The number of hydrogen-bond donors (Lipinski definition) is 1. The Morgan fingerprint density at radius 1 is 1.39 bits per heavy atom. The van der Waals surface area contributed by atoms with Crippen molar-refractivity contribution in [3.63, 3.8) is 0 Å². The highest BCUT2D eigenvalue weighted by Crippen LogP contribution is 2.21. The van der Waals surface area contributed by atoms with Crippen LogP contribution in [0.1, 0.15) is 56.1 Å². The van der Waals surface area contributed by atoms with Crippen molar-refractivity contribution in [1.29, 1.82) is 0 Å². The van der Waals surface area contributed by atoms with Gasteiger partial charge in [0.25, 0.3) is 0 Å². The monoisotopic (exact) mass is 251 g/mol. The van der Waals surface area contributed by atoms with Gasteiger partial charge >= 0.3 is 0 Å². The molecule has 0 saturated heterocycles. The van der Waals surface area contributed by atoms with Gasteiger partial charge in [-0.25, -0.2) is 0 Å². The molecule has 1 aromatic rings. The molecule has 0 radical (unpaired) electrons. The van der Waals surface area contributed by atoms with Gasteiger partial charge in [-0.2, -0.15) is 0 Å². The summed E-state index contributed by atoms with van der Waals surface area (Å²) >= 11 is 0. The fourth-order valence-electron chi connectivity index (χ4n) is 1.99. The zero-order chi connectivity index (χ0) is 12.8. The summed E-state index contributed by atoms with van der Waals surface area (Å²) in [7, 11) is 0. The van der Waals surface area contributed by atoms with Gasteiger partial charge in [-0.1, -0.05) is 19.8 Å². The van der Waals surface area contributed by atoms with E-state index in [1.807, 2.05) is 6.92 Å². The second kappa shape index (κ2) is 6.95. The van der Waals surface area contributed by atoms with E-state index >= 15 is 0 Å². The van der Waals surface area contributed by atoms with Crippen LogP contribution in [0.25, 0.3) is 0 Å². The molecule has 0 aromatic carbocycles. The zero-order valence-corrected chi connectivity index (χ0v) is 11.6. The Kier molecular flexibility index (Phi) is 5.26. The van der Waals surface area contributed by atoms with Crippen molar-refractivity contribution in [2.45, 2.75) is 65.1 Å². The summed E-state index contributed by atoms with van der Waals surface area (Å²) in [6.45, 7) is 6.61. The van der Waals surface area contributed by atoms with Crippen molar-refractivity contribution >= 4 is 0 Å². The molecule has 0 bridgehead atoms. The molecule has 1 N–H and O–H groups in total. The molecule has 1 saturated carbocycles. The fourth-order valence-corrected chi connectivity index (χ4v) is 1.99. The third kappa shape index (κ3) is 4.46. The number of aryl methyl sites for hydroxylation is 1. The van der Waals surface area contributed by atoms with Crippen LogP contribution in [0, 0.1) is 6.92 Å². The van der Waals surface area contributed by atoms with Gasteiger partial charge in [0, 0.05) is 18.2 Å². The first-order valence-electron chi connectivity index (χ1n) is 7.19. The van der Waals surface area contributed by atoms with Gasteiger partial charge in [0.2, 0.25) is 0 Å². The normalized spacial score (nSPS) is 15.2. The van der Waals surface area contributed by atoms with E-state index in [0.717, 1.165) is 37.1 Å². The quantitative estimate of drug-likeness (QED) is 0.682. The van der Waals surface area contributed by atoms with Crippen LogP contribution in [0.2, 0.25) is 0 Å². The fraction of sp³-hybridized carbons (Fsp3) is 0.733. The molecule has 0 aliphatic heterocycles. The van der Waals surface area contributed by atoms with Crippen LogP contribution in [0.15, 0.2) is 10.5 Å². The van der Waals surface area contributed by atoms with Crippen molar-refractivity contribution < 1.29 is 9.15 Å². The Morgan fingerprint density at radius 2 is 2.22 bits per heavy atom. The maximum atomic E-state index is 5.73. The average molecular weight is 251 g/mol. The second-order valence-electron chi connectivity index (χ2n) is 5.21. The molecule has 3 nitrogen and oxygen atoms in total. The Labute approximate surface area is 110 Å². The van der Waals surface area contributed by atoms with Crippen LogP contribution >= 0.6 is 0 Å². The molecule has 1 aromatic heterocycles. The Balaban J connectivity index is 1.69. The Hall–Kier alpha value is -0.800. The topological polar surface area (TPSA) is 34.4 Å². The van der Waals surface area contributed by atoms with Crippen LogP contribution in [-0.2, 0) is 17.9 Å². The number of unbranched alkanes of at least 4 members (excludes halogenated alkanes) is 2. The number of rotatable bonds is 9. The highest BCUT2D eigenvalue weighted by atomic mass is 16.5. The summed E-state index contributed by atoms with van der Waals surface area (Å²) in [5.41, 5.74) is 1.19. The molecule has 1 aliphatic rings. The highest BCUT2D eigenvalue weighted by molar-refractivity contribution is 5.20. The van der Waals surface area contributed by atoms with Crippen LogP contribution < -0.4 is 5.32 Å². The molecule has 0 spiro atoms. The molecule has 0 amide bonds. The molecular weight excluding hydrogens is 226 g/mol. The molecule has 1 heterocycles. The summed E-state index contributed by atoms with van der Waals surface area (Å²) in [4.78, 5) is 0. The number of furan rings is 1. The Bertz CT molecular complexity index is 355. The third-order valence-electron chi connectivity index (χ3n) is 3.36. The summed E-state index contributed by atoms with van der Waals surface area (Å²) in [6.07, 6.45) is 6.27. The lowest BCUT2D eigenvalue weighted by molar-refractivity contribution is 0.116. The van der Waals surface area contributed by atoms with Gasteiger partial charge in [-0.05, 0) is 32.3 Å². The van der Waals surface area contributed by atoms with Gasteiger partial charge in [-0.15, -0.1) is 0 Å². The molecule has 102 valence electrons. The van der Waals surface area contributed by atoms with E-state index in [9.17, 15) is 0 Å². The smallest absolute Gasteiger partial charge is 0.118 e. The molecular formula is C15H25NO2. The molecule has 1 aliphatic carbocycles. The second-order valence-corrected chi connectivity index (χ2v) is 5.21. The van der Waals surface area contributed by atoms with Crippen LogP contribution in [-0.4, -0.2) is 12.6 Å². The molecule has 0 atom stereocenters. The highest BCUT2D eigenvalue weighted by Gasteiger charge is 2.20. The lowest BCUT2D eigenvalue weighted by atomic mass is 10.2. The maximum absolute atomic E-state index is 5.73. The van der Waals surface area contributed by atoms with Gasteiger partial charge < -0.3 is 14.5 Å². The van der Waals surface area contributed by atoms with E-state index in [4.69, 9.17) is 9.15 Å². The first-order valence-corrected chi connectivity index (χ1v) is 7.19. The summed E-state index contributed by atoms with van der Waals surface area (Å²) in [6, 6.07) is 2.86. The largest absolute Gasteiger partial charge is 0.465 e. The molecule has 18 heavy (non-hydrogen) atoms. The first kappa shape index (κ1) is 13.6. The predicted octanol–water partition coefficient (Wildman–Crippen LogP) is 3.55. The lowest BCUT2D eigenvalue weighted by Gasteiger charge is -2.01. The lowest BCUT2D eigenvalue weighted by Crippen LogP contribution is -2.14. The van der Waals surface area contributed by atoms with Crippen molar-refractivity contribution in [2.24, 2.45) is 0 Å². The SMILES string of the molecule is CCCCCOCc1cc(CNC2CC2)oc1C. The average Bonchev–Trinajstić information content (AvgIpc) is 3.12. The molecule has 2 rings (SSSR count).